The number of rotatable bonds is 3. The zero-order chi connectivity index (χ0) is 13.2. The monoisotopic (exact) mass is 245 g/mol. The normalized spacial score (nSPS) is 10.4. The van der Waals surface area contributed by atoms with E-state index < -0.39 is 33.7 Å². The van der Waals surface area contributed by atoms with Crippen LogP contribution in [-0.4, -0.2) is 29.9 Å². The van der Waals surface area contributed by atoms with Crippen molar-refractivity contribution in [3.63, 3.8) is 0 Å². The number of benzene rings is 1. The highest BCUT2D eigenvalue weighted by molar-refractivity contribution is 5.94. The summed E-state index contributed by atoms with van der Waals surface area (Å²) in [5.74, 6) is -3.38. The Morgan fingerprint density at radius 2 is 2.00 bits per heavy atom. The third kappa shape index (κ3) is 2.94. The van der Waals surface area contributed by atoms with Crippen LogP contribution in [0.25, 0.3) is 0 Å². The third-order valence-electron chi connectivity index (χ3n) is 1.78. The van der Waals surface area contributed by atoms with Crippen molar-refractivity contribution in [2.45, 2.75) is 0 Å². The number of nitro benzene ring substituents is 1. The van der Waals surface area contributed by atoms with E-state index >= 15 is 0 Å². The molecule has 17 heavy (non-hydrogen) atoms. The zero-order valence-electron chi connectivity index (χ0n) is 9.03. The molecule has 0 saturated heterocycles. The van der Waals surface area contributed by atoms with Crippen LogP contribution in [0.15, 0.2) is 12.1 Å². The SMILES string of the molecule is CN(C)NC(=O)c1cc(F)cc([N+](=O)[O-])c1F. The van der Waals surface area contributed by atoms with E-state index in [1.165, 1.54) is 19.1 Å². The van der Waals surface area contributed by atoms with Gasteiger partial charge in [-0.15, -0.1) is 0 Å². The van der Waals surface area contributed by atoms with E-state index in [9.17, 15) is 23.7 Å². The van der Waals surface area contributed by atoms with Crippen LogP contribution in [0.3, 0.4) is 0 Å². The van der Waals surface area contributed by atoms with Crippen LogP contribution in [0.2, 0.25) is 0 Å². The predicted octanol–water partition coefficient (Wildman–Crippen LogP) is 1.08. The molecule has 0 aliphatic heterocycles. The van der Waals surface area contributed by atoms with E-state index in [-0.39, 0.29) is 0 Å². The Bertz CT molecular complexity index is 477. The topological polar surface area (TPSA) is 75.5 Å². The Labute approximate surface area is 95.0 Å². The van der Waals surface area contributed by atoms with Crippen LogP contribution in [-0.2, 0) is 0 Å². The first-order valence-corrected chi connectivity index (χ1v) is 4.44. The first-order chi connectivity index (χ1) is 7.82. The summed E-state index contributed by atoms with van der Waals surface area (Å²) < 4.78 is 26.5. The Balaban J connectivity index is 3.25. The van der Waals surface area contributed by atoms with Gasteiger partial charge in [0, 0.05) is 14.1 Å². The third-order valence-corrected chi connectivity index (χ3v) is 1.78. The molecule has 0 aromatic heterocycles. The molecule has 8 heteroatoms. The van der Waals surface area contributed by atoms with Gasteiger partial charge in [-0.3, -0.25) is 20.3 Å². The maximum atomic E-state index is 13.5. The number of hydrazine groups is 1. The maximum Gasteiger partial charge on any atom is 0.308 e. The van der Waals surface area contributed by atoms with Gasteiger partial charge in [-0.2, -0.15) is 4.39 Å². The van der Waals surface area contributed by atoms with E-state index in [2.05, 4.69) is 5.43 Å². The number of carbonyl (C=O) groups is 1. The Morgan fingerprint density at radius 3 is 2.47 bits per heavy atom. The highest BCUT2D eigenvalue weighted by atomic mass is 19.1. The van der Waals surface area contributed by atoms with E-state index in [1.54, 1.807) is 0 Å². The molecule has 1 aromatic rings. The number of hydrogen-bond donors (Lipinski definition) is 1. The molecule has 0 saturated carbocycles. The molecular weight excluding hydrogens is 236 g/mol. The second-order valence-corrected chi connectivity index (χ2v) is 3.38. The van der Waals surface area contributed by atoms with Crippen molar-refractivity contribution < 1.29 is 18.5 Å². The standard InChI is InChI=1S/C9H9F2N3O3/c1-13(2)12-9(15)6-3-5(10)4-7(8(6)11)14(16)17/h3-4H,1-2H3,(H,12,15). The van der Waals surface area contributed by atoms with Crippen LogP contribution in [0.1, 0.15) is 10.4 Å². The van der Waals surface area contributed by atoms with Gasteiger partial charge in [-0.25, -0.2) is 9.40 Å². The van der Waals surface area contributed by atoms with E-state index in [0.29, 0.717) is 12.1 Å². The molecule has 0 atom stereocenters. The van der Waals surface area contributed by atoms with Crippen LogP contribution in [0, 0.1) is 21.7 Å². The summed E-state index contributed by atoms with van der Waals surface area (Å²) in [6.45, 7) is 0. The Morgan fingerprint density at radius 1 is 1.41 bits per heavy atom. The van der Waals surface area contributed by atoms with Crippen molar-refractivity contribution in [1.82, 2.24) is 10.4 Å². The minimum Gasteiger partial charge on any atom is -0.285 e. The predicted molar refractivity (Wildman–Crippen MR) is 54.2 cm³/mol. The minimum atomic E-state index is -1.37. The number of carbonyl (C=O) groups excluding carboxylic acids is 1. The summed E-state index contributed by atoms with van der Waals surface area (Å²) in [6.07, 6.45) is 0. The lowest BCUT2D eigenvalue weighted by atomic mass is 10.1. The number of halogens is 2. The smallest absolute Gasteiger partial charge is 0.285 e. The summed E-state index contributed by atoms with van der Waals surface area (Å²) in [6, 6.07) is 1.02. The molecule has 0 heterocycles. The van der Waals surface area contributed by atoms with Gasteiger partial charge in [0.15, 0.2) is 0 Å². The van der Waals surface area contributed by atoms with Gasteiger partial charge in [0.2, 0.25) is 5.82 Å². The minimum absolute atomic E-state index is 0.418. The van der Waals surface area contributed by atoms with Crippen LogP contribution in [0.4, 0.5) is 14.5 Å². The van der Waals surface area contributed by atoms with Gasteiger partial charge in [-0.05, 0) is 6.07 Å². The highest BCUT2D eigenvalue weighted by Gasteiger charge is 2.24. The van der Waals surface area contributed by atoms with Crippen LogP contribution in [0.5, 0.6) is 0 Å². The summed E-state index contributed by atoms with van der Waals surface area (Å²) in [7, 11) is 2.92. The van der Waals surface area contributed by atoms with Crippen molar-refractivity contribution in [3.8, 4) is 0 Å². The highest BCUT2D eigenvalue weighted by Crippen LogP contribution is 2.22. The number of nitrogens with one attached hydrogen (secondary N) is 1. The average molecular weight is 245 g/mol. The lowest BCUT2D eigenvalue weighted by Crippen LogP contribution is -2.36. The molecular formula is C9H9F2N3O3. The van der Waals surface area contributed by atoms with Gasteiger partial charge in [-0.1, -0.05) is 0 Å². The van der Waals surface area contributed by atoms with Crippen LogP contribution < -0.4 is 5.43 Å². The Hall–Kier alpha value is -2.09. The fourth-order valence-electron chi connectivity index (χ4n) is 1.14. The summed E-state index contributed by atoms with van der Waals surface area (Å²) >= 11 is 0. The van der Waals surface area contributed by atoms with Gasteiger partial charge in [0.1, 0.15) is 5.82 Å². The largest absolute Gasteiger partial charge is 0.308 e. The summed E-state index contributed by atoms with van der Waals surface area (Å²) in [5.41, 5.74) is 0.366. The first kappa shape index (κ1) is 13.0. The molecule has 1 amide bonds. The average Bonchev–Trinajstić information content (AvgIpc) is 2.19. The molecule has 1 rings (SSSR count). The van der Waals surface area contributed by atoms with Gasteiger partial charge in [0.05, 0.1) is 16.6 Å². The second-order valence-electron chi connectivity index (χ2n) is 3.38. The van der Waals surface area contributed by atoms with Crippen molar-refractivity contribution in [2.75, 3.05) is 14.1 Å². The fraction of sp³-hybridized carbons (Fsp3) is 0.222. The number of amides is 1. The summed E-state index contributed by atoms with van der Waals surface area (Å²) in [5, 5.41) is 11.6. The molecule has 92 valence electrons. The van der Waals surface area contributed by atoms with Crippen molar-refractivity contribution >= 4 is 11.6 Å². The van der Waals surface area contributed by atoms with Crippen molar-refractivity contribution in [3.05, 3.63) is 39.4 Å². The lowest BCUT2D eigenvalue weighted by Gasteiger charge is -2.12. The van der Waals surface area contributed by atoms with Gasteiger partial charge < -0.3 is 0 Å². The number of hydrogen-bond acceptors (Lipinski definition) is 4. The molecule has 1 N–H and O–H groups in total. The quantitative estimate of drug-likeness (QED) is 0.638. The molecule has 0 bridgehead atoms. The Kier molecular flexibility index (Phi) is 3.69. The first-order valence-electron chi connectivity index (χ1n) is 4.44. The molecule has 6 nitrogen and oxygen atoms in total. The number of nitrogens with zero attached hydrogens (tertiary/aromatic N) is 2. The van der Waals surface area contributed by atoms with Crippen LogP contribution >= 0.6 is 0 Å². The van der Waals surface area contributed by atoms with Gasteiger partial charge in [0.25, 0.3) is 5.91 Å². The van der Waals surface area contributed by atoms with Crippen molar-refractivity contribution in [2.24, 2.45) is 0 Å². The molecule has 0 unspecified atom stereocenters. The van der Waals surface area contributed by atoms with E-state index in [4.69, 9.17) is 0 Å². The van der Waals surface area contributed by atoms with Crippen molar-refractivity contribution in [1.29, 1.82) is 0 Å². The van der Waals surface area contributed by atoms with E-state index in [0.717, 1.165) is 0 Å². The number of nitro groups is 1. The van der Waals surface area contributed by atoms with E-state index in [1.807, 2.05) is 0 Å². The molecule has 0 aliphatic carbocycles. The molecule has 1 aromatic carbocycles. The van der Waals surface area contributed by atoms with Gasteiger partial charge >= 0.3 is 5.69 Å². The maximum absolute atomic E-state index is 13.5. The fourth-order valence-corrected chi connectivity index (χ4v) is 1.14. The second kappa shape index (κ2) is 4.83. The summed E-state index contributed by atoms with van der Waals surface area (Å²) in [4.78, 5) is 20.8. The molecule has 0 aliphatic rings. The molecule has 0 fully saturated rings. The zero-order valence-corrected chi connectivity index (χ0v) is 9.03. The molecule has 0 radical (unpaired) electrons. The molecule has 0 spiro atoms. The lowest BCUT2D eigenvalue weighted by molar-refractivity contribution is -0.387.